The quantitative estimate of drug-likeness (QED) is 0.843. The molecule has 110 valence electrons. The normalized spacial score (nSPS) is 14.9. The first-order valence-electron chi connectivity index (χ1n) is 6.50. The van der Waals surface area contributed by atoms with E-state index in [9.17, 15) is 14.9 Å². The molecule has 8 heteroatoms. The van der Waals surface area contributed by atoms with E-state index < -0.39 is 17.1 Å². The van der Waals surface area contributed by atoms with E-state index in [1.54, 1.807) is 19.9 Å². The number of carbonyl (C=O) groups is 1. The van der Waals surface area contributed by atoms with Gasteiger partial charge in [-0.15, -0.1) is 0 Å². The predicted molar refractivity (Wildman–Crippen MR) is 77.5 cm³/mol. The SMILES string of the molecule is CC1(C)NC(=O)c2c(C#N)cc(Nc3ccncn3)c(=O)n21. The third-order valence-corrected chi connectivity index (χ3v) is 3.36. The Morgan fingerprint density at radius 3 is 2.82 bits per heavy atom. The summed E-state index contributed by atoms with van der Waals surface area (Å²) in [6.07, 6.45) is 2.87. The van der Waals surface area contributed by atoms with Gasteiger partial charge in [-0.05, 0) is 26.0 Å². The summed E-state index contributed by atoms with van der Waals surface area (Å²) < 4.78 is 1.29. The van der Waals surface area contributed by atoms with Gasteiger partial charge in [-0.2, -0.15) is 5.26 Å². The number of rotatable bonds is 2. The minimum atomic E-state index is -0.904. The molecule has 2 aromatic rings. The van der Waals surface area contributed by atoms with Gasteiger partial charge in [0, 0.05) is 6.20 Å². The van der Waals surface area contributed by atoms with Crippen LogP contribution in [-0.2, 0) is 5.66 Å². The molecule has 0 radical (unpaired) electrons. The Hall–Kier alpha value is -3.21. The Morgan fingerprint density at radius 2 is 2.18 bits per heavy atom. The average Bonchev–Trinajstić information content (AvgIpc) is 2.73. The van der Waals surface area contributed by atoms with Crippen molar-refractivity contribution in [3.05, 3.63) is 46.3 Å². The first-order valence-corrected chi connectivity index (χ1v) is 6.50. The van der Waals surface area contributed by atoms with Crippen LogP contribution in [0, 0.1) is 11.3 Å². The number of pyridine rings is 1. The average molecular weight is 296 g/mol. The molecule has 0 spiro atoms. The van der Waals surface area contributed by atoms with Crippen LogP contribution in [0.5, 0.6) is 0 Å². The number of fused-ring (bicyclic) bond motifs is 1. The first-order chi connectivity index (χ1) is 10.4. The molecule has 1 aliphatic heterocycles. The number of nitrogens with zero attached hydrogens (tertiary/aromatic N) is 4. The van der Waals surface area contributed by atoms with Gasteiger partial charge < -0.3 is 10.6 Å². The molecule has 2 N–H and O–H groups in total. The van der Waals surface area contributed by atoms with Crippen molar-refractivity contribution >= 4 is 17.4 Å². The maximum atomic E-state index is 12.6. The van der Waals surface area contributed by atoms with Gasteiger partial charge in [0.2, 0.25) is 0 Å². The number of carbonyl (C=O) groups excluding carboxylic acids is 1. The molecule has 1 amide bonds. The molecule has 0 aromatic carbocycles. The molecule has 0 fully saturated rings. The van der Waals surface area contributed by atoms with E-state index >= 15 is 0 Å². The second-order valence-electron chi connectivity index (χ2n) is 5.31. The molecular weight excluding hydrogens is 284 g/mol. The highest BCUT2D eigenvalue weighted by Gasteiger charge is 2.38. The Morgan fingerprint density at radius 1 is 1.41 bits per heavy atom. The first kappa shape index (κ1) is 13.8. The maximum Gasteiger partial charge on any atom is 0.276 e. The molecule has 0 bridgehead atoms. The van der Waals surface area contributed by atoms with E-state index in [-0.39, 0.29) is 16.9 Å². The summed E-state index contributed by atoms with van der Waals surface area (Å²) in [5.74, 6) is -0.0149. The molecule has 3 heterocycles. The van der Waals surface area contributed by atoms with E-state index in [0.717, 1.165) is 0 Å². The van der Waals surface area contributed by atoms with Crippen molar-refractivity contribution in [2.24, 2.45) is 0 Å². The highest BCUT2D eigenvalue weighted by molar-refractivity contribution is 5.97. The second-order valence-corrected chi connectivity index (χ2v) is 5.31. The molecule has 0 unspecified atom stereocenters. The van der Waals surface area contributed by atoms with E-state index in [2.05, 4.69) is 20.6 Å². The van der Waals surface area contributed by atoms with Crippen LogP contribution >= 0.6 is 0 Å². The van der Waals surface area contributed by atoms with Gasteiger partial charge >= 0.3 is 0 Å². The molecule has 3 rings (SSSR count). The van der Waals surface area contributed by atoms with Gasteiger partial charge in [-0.3, -0.25) is 14.2 Å². The topological polar surface area (TPSA) is 113 Å². The van der Waals surface area contributed by atoms with Crippen LogP contribution in [0.3, 0.4) is 0 Å². The van der Waals surface area contributed by atoms with Gasteiger partial charge in [-0.1, -0.05) is 0 Å². The van der Waals surface area contributed by atoms with Crippen molar-refractivity contribution < 1.29 is 4.79 Å². The van der Waals surface area contributed by atoms with Crippen LogP contribution in [0.15, 0.2) is 29.5 Å². The number of nitrogens with one attached hydrogen (secondary N) is 2. The zero-order valence-corrected chi connectivity index (χ0v) is 11.9. The Balaban J connectivity index is 2.21. The summed E-state index contributed by atoms with van der Waals surface area (Å²) >= 11 is 0. The molecule has 0 saturated heterocycles. The fourth-order valence-electron chi connectivity index (χ4n) is 2.44. The molecule has 22 heavy (non-hydrogen) atoms. The van der Waals surface area contributed by atoms with E-state index in [4.69, 9.17) is 0 Å². The second kappa shape index (κ2) is 4.66. The van der Waals surface area contributed by atoms with Crippen LogP contribution in [-0.4, -0.2) is 20.4 Å². The number of amides is 1. The third-order valence-electron chi connectivity index (χ3n) is 3.36. The molecule has 0 atom stereocenters. The summed E-state index contributed by atoms with van der Waals surface area (Å²) in [4.78, 5) is 32.4. The highest BCUT2D eigenvalue weighted by atomic mass is 16.2. The van der Waals surface area contributed by atoms with Crippen LogP contribution in [0.1, 0.15) is 29.9 Å². The van der Waals surface area contributed by atoms with Crippen LogP contribution in [0.25, 0.3) is 0 Å². The van der Waals surface area contributed by atoms with Crippen LogP contribution in [0.2, 0.25) is 0 Å². The van der Waals surface area contributed by atoms with Crippen LogP contribution < -0.4 is 16.2 Å². The minimum absolute atomic E-state index is 0.0748. The third kappa shape index (κ3) is 2.00. The lowest BCUT2D eigenvalue weighted by molar-refractivity contribution is 0.0935. The Bertz CT molecular complexity index is 863. The van der Waals surface area contributed by atoms with Crippen molar-refractivity contribution in [1.29, 1.82) is 5.26 Å². The number of hydrogen-bond acceptors (Lipinski definition) is 6. The van der Waals surface area contributed by atoms with Crippen molar-refractivity contribution in [3.63, 3.8) is 0 Å². The number of hydrogen-bond donors (Lipinski definition) is 2. The molecule has 8 nitrogen and oxygen atoms in total. The summed E-state index contributed by atoms with van der Waals surface area (Å²) in [6.45, 7) is 3.39. The summed E-state index contributed by atoms with van der Waals surface area (Å²) in [5.41, 5.74) is -0.942. The van der Waals surface area contributed by atoms with Gasteiger partial charge in [0.15, 0.2) is 0 Å². The zero-order valence-electron chi connectivity index (χ0n) is 11.9. The van der Waals surface area contributed by atoms with Gasteiger partial charge in [0.1, 0.15) is 35.3 Å². The number of anilines is 2. The van der Waals surface area contributed by atoms with E-state index in [1.807, 2.05) is 6.07 Å². The molecular formula is C14H12N6O2. The molecule has 2 aromatic heterocycles. The summed E-state index contributed by atoms with van der Waals surface area (Å²) in [6, 6.07) is 4.91. The lowest BCUT2D eigenvalue weighted by Crippen LogP contribution is -2.42. The predicted octanol–water partition coefficient (Wildman–Crippen LogP) is 0.690. The highest BCUT2D eigenvalue weighted by Crippen LogP contribution is 2.25. The zero-order chi connectivity index (χ0) is 15.9. The lowest BCUT2D eigenvalue weighted by atomic mass is 10.1. The monoisotopic (exact) mass is 296 g/mol. The van der Waals surface area contributed by atoms with Crippen LogP contribution in [0.4, 0.5) is 11.5 Å². The summed E-state index contributed by atoms with van der Waals surface area (Å²) in [5, 5.41) is 14.8. The van der Waals surface area contributed by atoms with Crippen molar-refractivity contribution in [2.45, 2.75) is 19.5 Å². The summed E-state index contributed by atoms with van der Waals surface area (Å²) in [7, 11) is 0. The molecule has 1 aliphatic rings. The van der Waals surface area contributed by atoms with Crippen molar-refractivity contribution in [1.82, 2.24) is 19.9 Å². The van der Waals surface area contributed by atoms with E-state index in [0.29, 0.717) is 5.82 Å². The Labute approximate surface area is 125 Å². The standard InChI is InChI=1S/C14H12N6O2/c1-14(2)19-12(21)11-8(6-15)5-9(13(22)20(11)14)18-10-3-4-16-7-17-10/h3-5,7H,1-2H3,(H,19,21)(H,16,17,18). The fourth-order valence-corrected chi connectivity index (χ4v) is 2.44. The van der Waals surface area contributed by atoms with Crippen molar-refractivity contribution in [3.8, 4) is 6.07 Å². The largest absolute Gasteiger partial charge is 0.336 e. The fraction of sp³-hybridized carbons (Fsp3) is 0.214. The van der Waals surface area contributed by atoms with Gasteiger partial charge in [-0.25, -0.2) is 9.97 Å². The molecule has 0 aliphatic carbocycles. The number of nitriles is 1. The van der Waals surface area contributed by atoms with Gasteiger partial charge in [0.05, 0.1) is 5.56 Å². The maximum absolute atomic E-state index is 12.6. The van der Waals surface area contributed by atoms with Crippen molar-refractivity contribution in [2.75, 3.05) is 5.32 Å². The lowest BCUT2D eigenvalue weighted by Gasteiger charge is -2.22. The molecule has 0 saturated carbocycles. The van der Waals surface area contributed by atoms with E-state index in [1.165, 1.54) is 23.2 Å². The smallest absolute Gasteiger partial charge is 0.276 e. The van der Waals surface area contributed by atoms with Gasteiger partial charge in [0.25, 0.3) is 11.5 Å². The minimum Gasteiger partial charge on any atom is -0.336 e. The Kier molecular flexibility index (Phi) is 2.92. The number of aromatic nitrogens is 3.